The van der Waals surface area contributed by atoms with Crippen LogP contribution in [0.1, 0.15) is 52.6 Å². The van der Waals surface area contributed by atoms with E-state index in [9.17, 15) is 14.3 Å². The van der Waals surface area contributed by atoms with Gasteiger partial charge in [-0.2, -0.15) is 0 Å². The predicted molar refractivity (Wildman–Crippen MR) is 87.9 cm³/mol. The topological polar surface area (TPSA) is 62.2 Å². The van der Waals surface area contributed by atoms with Crippen molar-refractivity contribution in [2.24, 2.45) is 0 Å². The first-order valence-electron chi connectivity index (χ1n) is 7.52. The Hall–Kier alpha value is -1.95. The van der Waals surface area contributed by atoms with E-state index in [-0.39, 0.29) is 5.82 Å². The van der Waals surface area contributed by atoms with Gasteiger partial charge in [-0.05, 0) is 70.8 Å². The quantitative estimate of drug-likeness (QED) is 0.808. The number of anilines is 2. The minimum absolute atomic E-state index is 0.318. The van der Waals surface area contributed by atoms with Crippen LogP contribution in [0.25, 0.3) is 0 Å². The predicted octanol–water partition coefficient (Wildman–Crippen LogP) is 4.79. The van der Waals surface area contributed by atoms with Crippen molar-refractivity contribution >= 4 is 33.4 Å². The molecule has 2 aromatic rings. The van der Waals surface area contributed by atoms with E-state index in [0.29, 0.717) is 27.7 Å². The van der Waals surface area contributed by atoms with Crippen LogP contribution in [-0.2, 0) is 0 Å². The lowest BCUT2D eigenvalue weighted by Crippen LogP contribution is -2.11. The van der Waals surface area contributed by atoms with Gasteiger partial charge in [-0.15, -0.1) is 0 Å². The lowest BCUT2D eigenvalue weighted by atomic mass is 9.89. The van der Waals surface area contributed by atoms with Crippen molar-refractivity contribution in [2.75, 3.05) is 5.32 Å². The van der Waals surface area contributed by atoms with Gasteiger partial charge in [-0.25, -0.2) is 14.2 Å². The van der Waals surface area contributed by atoms with Gasteiger partial charge in [-0.1, -0.05) is 0 Å². The monoisotopic (exact) mass is 376 g/mol. The molecule has 0 radical (unpaired) electrons. The Morgan fingerprint density at radius 3 is 2.74 bits per heavy atom. The number of nitrogens with zero attached hydrogens (tertiary/aromatic N) is 1. The first-order chi connectivity index (χ1) is 11.0. The molecule has 2 aliphatic rings. The molecule has 23 heavy (non-hydrogen) atoms. The van der Waals surface area contributed by atoms with Crippen LogP contribution in [0.5, 0.6) is 0 Å². The Balaban J connectivity index is 1.78. The van der Waals surface area contributed by atoms with E-state index >= 15 is 0 Å². The molecule has 1 heterocycles. The van der Waals surface area contributed by atoms with E-state index in [2.05, 4.69) is 26.2 Å². The zero-order valence-corrected chi connectivity index (χ0v) is 13.7. The van der Waals surface area contributed by atoms with Crippen molar-refractivity contribution in [3.8, 4) is 0 Å². The zero-order valence-electron chi connectivity index (χ0n) is 12.1. The maximum atomic E-state index is 13.4. The van der Waals surface area contributed by atoms with E-state index in [4.69, 9.17) is 0 Å². The third kappa shape index (κ3) is 2.32. The van der Waals surface area contributed by atoms with Gasteiger partial charge in [0.25, 0.3) is 0 Å². The molecule has 2 atom stereocenters. The highest BCUT2D eigenvalue weighted by Gasteiger charge is 2.41. The molecule has 2 bridgehead atoms. The molecule has 0 saturated heterocycles. The summed E-state index contributed by atoms with van der Waals surface area (Å²) in [4.78, 5) is 15.8. The summed E-state index contributed by atoms with van der Waals surface area (Å²) in [6, 6.07) is 4.68. The van der Waals surface area contributed by atoms with Gasteiger partial charge in [0.05, 0.1) is 10.0 Å². The molecule has 118 valence electrons. The molecule has 4 nitrogen and oxygen atoms in total. The summed E-state index contributed by atoms with van der Waals surface area (Å²) in [6.45, 7) is 0. The van der Waals surface area contributed by atoms with Gasteiger partial charge in [0.15, 0.2) is 0 Å². The standard InChI is InChI=1S/C17H14BrFN2O2/c18-12-6-10(3-4-13(12)19)21-16-15-9-2-1-8(5-9)14(15)11(7-20-16)17(22)23/h3-4,6-9H,1-2,5H2,(H,20,21)(H,22,23). The average molecular weight is 377 g/mol. The number of carbonyl (C=O) groups is 1. The molecule has 1 saturated carbocycles. The summed E-state index contributed by atoms with van der Waals surface area (Å²) in [5, 5.41) is 12.6. The van der Waals surface area contributed by atoms with Crippen LogP contribution in [0.2, 0.25) is 0 Å². The molecule has 2 unspecified atom stereocenters. The number of hydrogen-bond donors (Lipinski definition) is 2. The van der Waals surface area contributed by atoms with Crippen LogP contribution < -0.4 is 5.32 Å². The number of carboxylic acids is 1. The minimum atomic E-state index is -0.919. The maximum absolute atomic E-state index is 13.4. The fraction of sp³-hybridized carbons (Fsp3) is 0.294. The highest BCUT2D eigenvalue weighted by Crippen LogP contribution is 2.56. The average Bonchev–Trinajstić information content (AvgIpc) is 3.13. The van der Waals surface area contributed by atoms with E-state index in [0.717, 1.165) is 36.1 Å². The Labute approximate surface area is 140 Å². The van der Waals surface area contributed by atoms with Crippen molar-refractivity contribution in [1.29, 1.82) is 0 Å². The summed E-state index contributed by atoms with van der Waals surface area (Å²) in [5.74, 6) is 0.139. The largest absolute Gasteiger partial charge is 0.478 e. The summed E-state index contributed by atoms with van der Waals surface area (Å²) in [6.07, 6.45) is 4.56. The molecule has 6 heteroatoms. The number of nitrogens with one attached hydrogen (secondary N) is 1. The van der Waals surface area contributed by atoms with E-state index < -0.39 is 5.97 Å². The Kier molecular flexibility index (Phi) is 3.37. The first-order valence-corrected chi connectivity index (χ1v) is 8.32. The van der Waals surface area contributed by atoms with Crippen LogP contribution >= 0.6 is 15.9 Å². The SMILES string of the molecule is O=C(O)c1cnc(Nc2ccc(F)c(Br)c2)c2c1C1CCC2C1. The highest BCUT2D eigenvalue weighted by atomic mass is 79.9. The van der Waals surface area contributed by atoms with Gasteiger partial charge < -0.3 is 10.4 Å². The number of hydrogen-bond acceptors (Lipinski definition) is 3. The van der Waals surface area contributed by atoms with Crippen LogP contribution in [-0.4, -0.2) is 16.1 Å². The zero-order chi connectivity index (χ0) is 16.1. The Morgan fingerprint density at radius 2 is 2.04 bits per heavy atom. The number of carboxylic acid groups (broad SMARTS) is 1. The molecule has 0 aliphatic heterocycles. The number of pyridine rings is 1. The third-order valence-electron chi connectivity index (χ3n) is 4.82. The number of fused-ring (bicyclic) bond motifs is 5. The first kappa shape index (κ1) is 14.6. The number of benzene rings is 1. The summed E-state index contributed by atoms with van der Waals surface area (Å²) >= 11 is 3.17. The maximum Gasteiger partial charge on any atom is 0.337 e. The second-order valence-electron chi connectivity index (χ2n) is 6.11. The van der Waals surface area contributed by atoms with Gasteiger partial charge in [-0.3, -0.25) is 0 Å². The van der Waals surface area contributed by atoms with Crippen molar-refractivity contribution in [2.45, 2.75) is 31.1 Å². The van der Waals surface area contributed by atoms with Gasteiger partial charge in [0.2, 0.25) is 0 Å². The molecule has 1 aromatic heterocycles. The Morgan fingerprint density at radius 1 is 1.30 bits per heavy atom. The molecule has 1 fully saturated rings. The number of halogens is 2. The van der Waals surface area contributed by atoms with E-state index in [1.807, 2.05) is 0 Å². The lowest BCUT2D eigenvalue weighted by Gasteiger charge is -2.20. The van der Waals surface area contributed by atoms with Gasteiger partial charge >= 0.3 is 5.97 Å². The summed E-state index contributed by atoms with van der Waals surface area (Å²) in [7, 11) is 0. The number of rotatable bonds is 3. The molecular weight excluding hydrogens is 363 g/mol. The fourth-order valence-electron chi connectivity index (χ4n) is 3.88. The van der Waals surface area contributed by atoms with Crippen molar-refractivity contribution in [1.82, 2.24) is 4.98 Å². The van der Waals surface area contributed by atoms with Crippen LogP contribution in [0.3, 0.4) is 0 Å². The normalized spacial score (nSPS) is 21.3. The molecule has 1 aromatic carbocycles. The molecule has 4 rings (SSSR count). The summed E-state index contributed by atoms with van der Waals surface area (Å²) in [5.41, 5.74) is 3.01. The van der Waals surface area contributed by atoms with Crippen molar-refractivity contribution in [3.05, 3.63) is 51.4 Å². The summed E-state index contributed by atoms with van der Waals surface area (Å²) < 4.78 is 13.7. The van der Waals surface area contributed by atoms with E-state index in [1.165, 1.54) is 12.3 Å². The lowest BCUT2D eigenvalue weighted by molar-refractivity contribution is 0.0694. The van der Waals surface area contributed by atoms with Crippen LogP contribution in [0.4, 0.5) is 15.9 Å². The highest BCUT2D eigenvalue weighted by molar-refractivity contribution is 9.10. The molecular formula is C17H14BrFN2O2. The van der Waals surface area contributed by atoms with Gasteiger partial charge in [0.1, 0.15) is 11.6 Å². The molecule has 2 N–H and O–H groups in total. The van der Waals surface area contributed by atoms with Crippen LogP contribution in [0.15, 0.2) is 28.9 Å². The minimum Gasteiger partial charge on any atom is -0.478 e. The Bertz CT molecular complexity index is 824. The smallest absolute Gasteiger partial charge is 0.337 e. The van der Waals surface area contributed by atoms with Crippen LogP contribution in [0, 0.1) is 5.82 Å². The fourth-order valence-corrected chi connectivity index (χ4v) is 4.26. The molecule has 0 spiro atoms. The van der Waals surface area contributed by atoms with Crippen molar-refractivity contribution in [3.63, 3.8) is 0 Å². The third-order valence-corrected chi connectivity index (χ3v) is 5.43. The van der Waals surface area contributed by atoms with E-state index in [1.54, 1.807) is 12.1 Å². The number of aromatic carboxylic acids is 1. The number of aromatic nitrogens is 1. The second-order valence-corrected chi connectivity index (χ2v) is 6.97. The van der Waals surface area contributed by atoms with Gasteiger partial charge in [0, 0.05) is 17.4 Å². The molecule has 0 amide bonds. The second kappa shape index (κ2) is 5.30. The van der Waals surface area contributed by atoms with Crippen molar-refractivity contribution < 1.29 is 14.3 Å². The molecule has 2 aliphatic carbocycles.